The van der Waals surface area contributed by atoms with Crippen molar-refractivity contribution >= 4 is 5.91 Å². The second-order valence-corrected chi connectivity index (χ2v) is 8.09. The number of carbonyl (C=O) groups excluding carboxylic acids is 1. The van der Waals surface area contributed by atoms with Gasteiger partial charge in [0.1, 0.15) is 0 Å². The van der Waals surface area contributed by atoms with Crippen molar-refractivity contribution in [2.24, 2.45) is 0 Å². The second-order valence-electron chi connectivity index (χ2n) is 8.09. The predicted molar refractivity (Wildman–Crippen MR) is 117 cm³/mol. The van der Waals surface area contributed by atoms with Gasteiger partial charge in [0.2, 0.25) is 5.91 Å². The molecule has 2 saturated heterocycles. The van der Waals surface area contributed by atoms with Gasteiger partial charge in [-0.25, -0.2) is 0 Å². The highest BCUT2D eigenvalue weighted by Crippen LogP contribution is 2.24. The number of piperazine rings is 1. The molecule has 1 amide bonds. The molecule has 164 valence electrons. The lowest BCUT2D eigenvalue weighted by Crippen LogP contribution is -2.51. The molecule has 31 heavy (non-hydrogen) atoms. The first-order chi connectivity index (χ1) is 15.2. The van der Waals surface area contributed by atoms with Crippen LogP contribution in [0.15, 0.2) is 36.5 Å². The van der Waals surface area contributed by atoms with Crippen LogP contribution in [0.5, 0.6) is 0 Å². The Bertz CT molecular complexity index is 893. The van der Waals surface area contributed by atoms with Crippen LogP contribution in [0.25, 0.3) is 11.3 Å². The molecule has 0 aliphatic carbocycles. The molecule has 2 aliphatic heterocycles. The van der Waals surface area contributed by atoms with Crippen LogP contribution in [-0.2, 0) is 22.6 Å². The number of amides is 1. The van der Waals surface area contributed by atoms with Crippen molar-refractivity contribution in [3.05, 3.63) is 42.1 Å². The van der Waals surface area contributed by atoms with Crippen LogP contribution in [0.3, 0.4) is 0 Å². The van der Waals surface area contributed by atoms with Gasteiger partial charge in [0.05, 0.1) is 44.5 Å². The Hall–Kier alpha value is -2.73. The number of nitriles is 1. The number of ether oxygens (including phenoxy) is 1. The largest absolute Gasteiger partial charge is 0.378 e. The monoisotopic (exact) mass is 422 g/mol. The number of hydrogen-bond acceptors (Lipinski definition) is 6. The maximum Gasteiger partial charge on any atom is 0.236 e. The maximum absolute atomic E-state index is 12.5. The zero-order valence-electron chi connectivity index (χ0n) is 17.9. The van der Waals surface area contributed by atoms with Crippen molar-refractivity contribution in [1.29, 1.82) is 5.26 Å². The van der Waals surface area contributed by atoms with Gasteiger partial charge >= 0.3 is 0 Å². The average molecular weight is 423 g/mol. The lowest BCUT2D eigenvalue weighted by atomic mass is 10.1. The van der Waals surface area contributed by atoms with E-state index in [2.05, 4.69) is 34.2 Å². The quantitative estimate of drug-likeness (QED) is 0.672. The Labute approximate surface area is 183 Å². The fourth-order valence-electron chi connectivity index (χ4n) is 4.15. The van der Waals surface area contributed by atoms with Crippen LogP contribution in [-0.4, -0.2) is 89.4 Å². The Morgan fingerprint density at radius 1 is 1.03 bits per heavy atom. The summed E-state index contributed by atoms with van der Waals surface area (Å²) in [7, 11) is 0. The van der Waals surface area contributed by atoms with E-state index in [4.69, 9.17) is 15.1 Å². The number of benzene rings is 1. The lowest BCUT2D eigenvalue weighted by molar-refractivity contribution is -0.136. The highest BCUT2D eigenvalue weighted by atomic mass is 16.5. The molecule has 2 aromatic rings. The lowest BCUT2D eigenvalue weighted by Gasteiger charge is -2.36. The Morgan fingerprint density at radius 2 is 1.74 bits per heavy atom. The van der Waals surface area contributed by atoms with E-state index in [0.717, 1.165) is 44.0 Å². The Morgan fingerprint density at radius 3 is 2.45 bits per heavy atom. The summed E-state index contributed by atoms with van der Waals surface area (Å²) >= 11 is 0. The standard InChI is InChI=1S/C23H30N6O2/c24-7-4-8-29-18-21(23(25-29)20-5-2-1-3-6-20)17-26-9-11-27(12-10-26)19-22(30)28-13-15-31-16-14-28/h1-3,5-6,18H,4,8-17,19H2. The van der Waals surface area contributed by atoms with Gasteiger partial charge in [-0.3, -0.25) is 19.3 Å². The molecule has 2 fully saturated rings. The van der Waals surface area contributed by atoms with E-state index in [1.165, 1.54) is 5.56 Å². The van der Waals surface area contributed by atoms with E-state index in [1.807, 2.05) is 27.8 Å². The smallest absolute Gasteiger partial charge is 0.236 e. The van der Waals surface area contributed by atoms with Crippen LogP contribution in [0.4, 0.5) is 0 Å². The van der Waals surface area contributed by atoms with Crippen LogP contribution < -0.4 is 0 Å². The Kier molecular flexibility index (Phi) is 7.30. The number of hydrogen-bond donors (Lipinski definition) is 0. The normalized spacial score (nSPS) is 18.1. The highest BCUT2D eigenvalue weighted by molar-refractivity contribution is 5.78. The summed E-state index contributed by atoms with van der Waals surface area (Å²) in [5.41, 5.74) is 3.27. The van der Waals surface area contributed by atoms with Crippen molar-refractivity contribution in [2.45, 2.75) is 19.5 Å². The van der Waals surface area contributed by atoms with Gasteiger partial charge in [0.25, 0.3) is 0 Å². The first-order valence-electron chi connectivity index (χ1n) is 11.0. The molecule has 0 bridgehead atoms. The molecule has 2 aliphatic rings. The Balaban J connectivity index is 1.35. The summed E-state index contributed by atoms with van der Waals surface area (Å²) in [5, 5.41) is 13.7. The van der Waals surface area contributed by atoms with Crippen LogP contribution >= 0.6 is 0 Å². The molecule has 1 aromatic carbocycles. The molecule has 0 unspecified atom stereocenters. The van der Waals surface area contributed by atoms with Gasteiger partial charge in [0, 0.05) is 63.1 Å². The molecule has 1 aromatic heterocycles. The minimum absolute atomic E-state index is 0.210. The zero-order chi connectivity index (χ0) is 21.5. The van der Waals surface area contributed by atoms with Gasteiger partial charge < -0.3 is 9.64 Å². The van der Waals surface area contributed by atoms with Crippen molar-refractivity contribution in [1.82, 2.24) is 24.5 Å². The van der Waals surface area contributed by atoms with E-state index in [-0.39, 0.29) is 5.91 Å². The molecular formula is C23H30N6O2. The predicted octanol–water partition coefficient (Wildman–Crippen LogP) is 1.44. The molecule has 0 atom stereocenters. The SMILES string of the molecule is N#CCCn1cc(CN2CCN(CC(=O)N3CCOCC3)CC2)c(-c2ccccc2)n1. The molecule has 4 rings (SSSR count). The van der Waals surface area contributed by atoms with Crippen LogP contribution in [0, 0.1) is 11.3 Å². The number of aromatic nitrogens is 2. The summed E-state index contributed by atoms with van der Waals surface area (Å²) in [5.74, 6) is 0.210. The zero-order valence-corrected chi connectivity index (χ0v) is 17.9. The van der Waals surface area contributed by atoms with Crippen molar-refractivity contribution < 1.29 is 9.53 Å². The average Bonchev–Trinajstić information content (AvgIpc) is 3.22. The number of morpholine rings is 1. The minimum Gasteiger partial charge on any atom is -0.378 e. The summed E-state index contributed by atoms with van der Waals surface area (Å²) < 4.78 is 7.23. The van der Waals surface area contributed by atoms with E-state index >= 15 is 0 Å². The van der Waals surface area contributed by atoms with Gasteiger partial charge in [-0.1, -0.05) is 30.3 Å². The van der Waals surface area contributed by atoms with Crippen molar-refractivity contribution in [3.63, 3.8) is 0 Å². The van der Waals surface area contributed by atoms with E-state index in [9.17, 15) is 4.79 Å². The molecule has 8 nitrogen and oxygen atoms in total. The van der Waals surface area contributed by atoms with Crippen molar-refractivity contribution in [2.75, 3.05) is 59.0 Å². The summed E-state index contributed by atoms with van der Waals surface area (Å²) in [4.78, 5) is 19.1. The molecule has 0 spiro atoms. The summed E-state index contributed by atoms with van der Waals surface area (Å²) in [6, 6.07) is 12.4. The molecular weight excluding hydrogens is 392 g/mol. The van der Waals surface area contributed by atoms with Crippen molar-refractivity contribution in [3.8, 4) is 17.3 Å². The molecule has 8 heteroatoms. The third kappa shape index (κ3) is 5.70. The van der Waals surface area contributed by atoms with Gasteiger partial charge in [-0.05, 0) is 0 Å². The maximum atomic E-state index is 12.5. The van der Waals surface area contributed by atoms with Crippen LogP contribution in [0.2, 0.25) is 0 Å². The van der Waals surface area contributed by atoms with Gasteiger partial charge in [0.15, 0.2) is 0 Å². The van der Waals surface area contributed by atoms with Gasteiger partial charge in [-0.15, -0.1) is 0 Å². The fourth-order valence-corrected chi connectivity index (χ4v) is 4.15. The fraction of sp³-hybridized carbons (Fsp3) is 0.522. The number of aryl methyl sites for hydroxylation is 1. The van der Waals surface area contributed by atoms with Crippen LogP contribution in [0.1, 0.15) is 12.0 Å². The second kappa shape index (κ2) is 10.5. The first-order valence-corrected chi connectivity index (χ1v) is 11.0. The van der Waals surface area contributed by atoms with Gasteiger partial charge in [-0.2, -0.15) is 10.4 Å². The third-order valence-corrected chi connectivity index (χ3v) is 5.92. The number of nitrogens with zero attached hydrogens (tertiary/aromatic N) is 6. The first kappa shape index (κ1) is 21.5. The third-order valence-electron chi connectivity index (χ3n) is 5.92. The molecule has 3 heterocycles. The van der Waals surface area contributed by atoms with E-state index in [0.29, 0.717) is 45.8 Å². The molecule has 0 radical (unpaired) electrons. The van der Waals surface area contributed by atoms with E-state index < -0.39 is 0 Å². The minimum atomic E-state index is 0.210. The molecule has 0 saturated carbocycles. The number of rotatable bonds is 7. The molecule has 0 N–H and O–H groups in total. The number of carbonyl (C=O) groups is 1. The van der Waals surface area contributed by atoms with E-state index in [1.54, 1.807) is 0 Å². The highest BCUT2D eigenvalue weighted by Gasteiger charge is 2.24. The summed E-state index contributed by atoms with van der Waals surface area (Å²) in [6.07, 6.45) is 2.53. The summed E-state index contributed by atoms with van der Waals surface area (Å²) in [6.45, 7) is 8.25. The topological polar surface area (TPSA) is 77.6 Å².